The van der Waals surface area contributed by atoms with Crippen molar-refractivity contribution in [2.45, 2.75) is 38.0 Å². The summed E-state index contributed by atoms with van der Waals surface area (Å²) in [6.45, 7) is 5.03. The third kappa shape index (κ3) is 2.91. The van der Waals surface area contributed by atoms with Gasteiger partial charge in [-0.15, -0.1) is 0 Å². The number of aliphatic hydroxyl groups is 1. The van der Waals surface area contributed by atoms with Crippen molar-refractivity contribution in [3.63, 3.8) is 0 Å². The topological polar surface area (TPSA) is 82.3 Å². The van der Waals surface area contributed by atoms with Crippen LogP contribution in [0.15, 0.2) is 42.5 Å². The second kappa shape index (κ2) is 6.11. The number of nitrogens with zero attached hydrogens (tertiary/aromatic N) is 1. The van der Waals surface area contributed by atoms with Crippen LogP contribution >= 0.6 is 0 Å². The smallest absolute Gasteiger partial charge is 0.251 e. The summed E-state index contributed by atoms with van der Waals surface area (Å²) in [5, 5.41) is 23.1. The van der Waals surface area contributed by atoms with Crippen LogP contribution in [0.5, 0.6) is 5.75 Å². The number of amides is 1. The van der Waals surface area contributed by atoms with Crippen molar-refractivity contribution >= 4 is 5.91 Å². The Morgan fingerprint density at radius 3 is 2.50 bits per heavy atom. The zero-order valence-corrected chi connectivity index (χ0v) is 14.7. The van der Waals surface area contributed by atoms with E-state index in [0.717, 1.165) is 0 Å². The number of halogens is 1. The molecule has 6 heteroatoms. The molecule has 1 aliphatic heterocycles. The lowest BCUT2D eigenvalue weighted by atomic mass is 9.75. The fraction of sp³-hybridized carbons (Fsp3) is 0.300. The molecule has 2 aromatic rings. The van der Waals surface area contributed by atoms with Crippen LogP contribution in [0.25, 0.3) is 0 Å². The molecule has 0 aliphatic carbocycles. The quantitative estimate of drug-likeness (QED) is 0.868. The monoisotopic (exact) mass is 354 g/mol. The first-order valence-electron chi connectivity index (χ1n) is 8.17. The van der Waals surface area contributed by atoms with Crippen molar-refractivity contribution in [2.75, 3.05) is 0 Å². The second-order valence-electron chi connectivity index (χ2n) is 7.04. The molecule has 0 saturated heterocycles. The van der Waals surface area contributed by atoms with Crippen LogP contribution in [-0.2, 0) is 0 Å². The maximum Gasteiger partial charge on any atom is 0.251 e. The Morgan fingerprint density at radius 2 is 1.88 bits per heavy atom. The molecule has 5 nitrogen and oxygen atoms in total. The number of benzene rings is 2. The Morgan fingerprint density at radius 1 is 1.23 bits per heavy atom. The van der Waals surface area contributed by atoms with E-state index in [1.54, 1.807) is 39.0 Å². The predicted molar refractivity (Wildman–Crippen MR) is 93.1 cm³/mol. The first kappa shape index (κ1) is 17.9. The molecule has 2 N–H and O–H groups in total. The highest BCUT2D eigenvalue weighted by molar-refractivity contribution is 5.94. The van der Waals surface area contributed by atoms with Crippen LogP contribution in [0, 0.1) is 17.1 Å². The summed E-state index contributed by atoms with van der Waals surface area (Å²) in [5.41, 5.74) is -1.27. The number of nitrogens with one attached hydrogen (secondary N) is 1. The van der Waals surface area contributed by atoms with E-state index in [-0.39, 0.29) is 5.56 Å². The average molecular weight is 354 g/mol. The number of carbonyl (C=O) groups excluding carboxylic acids is 1. The molecule has 2 atom stereocenters. The minimum Gasteiger partial charge on any atom is -0.484 e. The summed E-state index contributed by atoms with van der Waals surface area (Å²) in [6.07, 6.45) is 0. The van der Waals surface area contributed by atoms with Crippen molar-refractivity contribution in [2.24, 2.45) is 0 Å². The maximum atomic E-state index is 13.1. The van der Waals surface area contributed by atoms with Gasteiger partial charge in [0.2, 0.25) is 0 Å². The summed E-state index contributed by atoms with van der Waals surface area (Å²) < 4.78 is 19.0. The molecule has 0 fully saturated rings. The molecular formula is C20H19FN2O3. The lowest BCUT2D eigenvalue weighted by molar-refractivity contribution is -0.137. The number of rotatable bonds is 2. The van der Waals surface area contributed by atoms with Crippen LogP contribution < -0.4 is 10.1 Å². The zero-order valence-electron chi connectivity index (χ0n) is 14.7. The van der Waals surface area contributed by atoms with Gasteiger partial charge in [-0.25, -0.2) is 4.39 Å². The minimum atomic E-state index is -1.45. The number of hydrogen-bond acceptors (Lipinski definition) is 4. The zero-order chi connectivity index (χ0) is 19.1. The molecule has 0 saturated carbocycles. The van der Waals surface area contributed by atoms with Gasteiger partial charge in [0.05, 0.1) is 17.7 Å². The van der Waals surface area contributed by atoms with E-state index in [0.29, 0.717) is 16.9 Å². The third-order valence-electron chi connectivity index (χ3n) is 4.98. The summed E-state index contributed by atoms with van der Waals surface area (Å²) in [4.78, 5) is 12.6. The second-order valence-corrected chi connectivity index (χ2v) is 7.04. The highest BCUT2D eigenvalue weighted by Crippen LogP contribution is 2.46. The molecule has 26 heavy (non-hydrogen) atoms. The van der Waals surface area contributed by atoms with Gasteiger partial charge < -0.3 is 15.2 Å². The van der Waals surface area contributed by atoms with Gasteiger partial charge in [-0.1, -0.05) is 0 Å². The normalized spacial score (nSPS) is 23.3. The molecule has 0 spiro atoms. The molecule has 0 radical (unpaired) electrons. The van der Waals surface area contributed by atoms with Gasteiger partial charge in [-0.05, 0) is 63.2 Å². The Kier molecular flexibility index (Phi) is 4.21. The van der Waals surface area contributed by atoms with Gasteiger partial charge >= 0.3 is 0 Å². The molecule has 0 bridgehead atoms. The highest BCUT2D eigenvalue weighted by atomic mass is 19.1. The van der Waals surface area contributed by atoms with Crippen LogP contribution in [0.3, 0.4) is 0 Å². The third-order valence-corrected chi connectivity index (χ3v) is 4.98. The lowest BCUT2D eigenvalue weighted by Gasteiger charge is -2.49. The Bertz CT molecular complexity index is 898. The van der Waals surface area contributed by atoms with Crippen LogP contribution in [0.4, 0.5) is 4.39 Å². The van der Waals surface area contributed by atoms with Gasteiger partial charge in [0.1, 0.15) is 22.8 Å². The molecule has 2 aromatic carbocycles. The van der Waals surface area contributed by atoms with E-state index >= 15 is 0 Å². The molecule has 1 amide bonds. The Hall–Kier alpha value is -2.91. The lowest BCUT2D eigenvalue weighted by Crippen LogP contribution is -2.62. The summed E-state index contributed by atoms with van der Waals surface area (Å²) in [7, 11) is 0. The van der Waals surface area contributed by atoms with Crippen LogP contribution in [0.1, 0.15) is 48.3 Å². The van der Waals surface area contributed by atoms with E-state index in [9.17, 15) is 14.3 Å². The molecule has 1 aliphatic rings. The summed E-state index contributed by atoms with van der Waals surface area (Å²) >= 11 is 0. The summed E-state index contributed by atoms with van der Waals surface area (Å²) in [5.74, 6) is -0.407. The first-order chi connectivity index (χ1) is 12.2. The number of carbonyl (C=O) groups is 1. The minimum absolute atomic E-state index is 0.268. The van der Waals surface area contributed by atoms with Gasteiger partial charge in [0.15, 0.2) is 0 Å². The van der Waals surface area contributed by atoms with Crippen molar-refractivity contribution in [3.05, 3.63) is 65.0 Å². The fourth-order valence-corrected chi connectivity index (χ4v) is 3.00. The van der Waals surface area contributed by atoms with E-state index in [4.69, 9.17) is 10.00 Å². The van der Waals surface area contributed by atoms with Gasteiger partial charge in [0.25, 0.3) is 5.91 Å². The SMILES string of the molecule is CC1(C)Oc2ccc(C#N)cc2C(NC(=O)c2ccc(F)cc2)C1(C)O. The van der Waals surface area contributed by atoms with E-state index in [1.807, 2.05) is 6.07 Å². The van der Waals surface area contributed by atoms with Crippen LogP contribution in [-0.4, -0.2) is 22.2 Å². The van der Waals surface area contributed by atoms with Crippen molar-refractivity contribution in [1.29, 1.82) is 5.26 Å². The first-order valence-corrected chi connectivity index (χ1v) is 8.17. The fourth-order valence-electron chi connectivity index (χ4n) is 3.00. The van der Waals surface area contributed by atoms with Crippen LogP contribution in [0.2, 0.25) is 0 Å². The molecule has 0 aromatic heterocycles. The average Bonchev–Trinajstić information content (AvgIpc) is 2.59. The van der Waals surface area contributed by atoms with E-state index in [1.165, 1.54) is 24.3 Å². The largest absolute Gasteiger partial charge is 0.484 e. The number of nitriles is 1. The molecule has 2 unspecified atom stereocenters. The van der Waals surface area contributed by atoms with Gasteiger partial charge in [-0.3, -0.25) is 4.79 Å². The Labute approximate surface area is 151 Å². The molecule has 134 valence electrons. The molecular weight excluding hydrogens is 335 g/mol. The molecule has 3 rings (SSSR count). The van der Waals surface area contributed by atoms with Crippen molar-refractivity contribution in [3.8, 4) is 11.8 Å². The number of hydrogen-bond donors (Lipinski definition) is 2. The standard InChI is InChI=1S/C20H19FN2O3/c1-19(2)20(3,25)17(15-10-12(11-22)4-9-16(15)26-19)23-18(24)13-5-7-14(21)8-6-13/h4-10,17,25H,1-3H3,(H,23,24). The van der Waals surface area contributed by atoms with E-state index in [2.05, 4.69) is 5.32 Å². The van der Waals surface area contributed by atoms with Gasteiger partial charge in [0, 0.05) is 11.1 Å². The number of ether oxygens (including phenoxy) is 1. The van der Waals surface area contributed by atoms with Crippen molar-refractivity contribution in [1.82, 2.24) is 5.32 Å². The maximum absolute atomic E-state index is 13.1. The highest BCUT2D eigenvalue weighted by Gasteiger charge is 2.53. The van der Waals surface area contributed by atoms with E-state index < -0.39 is 29.0 Å². The van der Waals surface area contributed by atoms with Crippen molar-refractivity contribution < 1.29 is 19.0 Å². The Balaban J connectivity index is 2.04. The summed E-state index contributed by atoms with van der Waals surface area (Å²) in [6, 6.07) is 11.2. The predicted octanol–water partition coefficient (Wildman–Crippen LogP) is 3.09. The molecule has 1 heterocycles. The number of fused-ring (bicyclic) bond motifs is 1. The van der Waals surface area contributed by atoms with Gasteiger partial charge in [-0.2, -0.15) is 5.26 Å².